The third-order valence-corrected chi connectivity index (χ3v) is 3.47. The summed E-state index contributed by atoms with van der Waals surface area (Å²) in [5.74, 6) is 0.969. The van der Waals surface area contributed by atoms with Gasteiger partial charge in [0.2, 0.25) is 11.7 Å². The van der Waals surface area contributed by atoms with Crippen LogP contribution < -0.4 is 0 Å². The lowest BCUT2D eigenvalue weighted by atomic mass is 10.0. The van der Waals surface area contributed by atoms with Crippen molar-refractivity contribution < 1.29 is 9.32 Å². The van der Waals surface area contributed by atoms with E-state index >= 15 is 0 Å². The van der Waals surface area contributed by atoms with Gasteiger partial charge in [0.15, 0.2) is 0 Å². The average Bonchev–Trinajstić information content (AvgIpc) is 2.95. The van der Waals surface area contributed by atoms with Gasteiger partial charge in [0.1, 0.15) is 5.78 Å². The van der Waals surface area contributed by atoms with Crippen molar-refractivity contribution in [1.82, 2.24) is 10.1 Å². The third-order valence-electron chi connectivity index (χ3n) is 3.47. The number of Topliss-reactive ketones (excluding diaryl/α,β-unsaturated/α-hetero) is 1. The highest BCUT2D eigenvalue weighted by Gasteiger charge is 2.15. The second kappa shape index (κ2) is 5.48. The van der Waals surface area contributed by atoms with Crippen LogP contribution in [0, 0.1) is 5.92 Å². The van der Waals surface area contributed by atoms with E-state index in [1.807, 2.05) is 56.3 Å². The van der Waals surface area contributed by atoms with E-state index in [0.717, 1.165) is 16.3 Å². The van der Waals surface area contributed by atoms with Gasteiger partial charge in [-0.3, -0.25) is 4.79 Å². The minimum atomic E-state index is -0.0297. The molecular formula is C17H16N2O2. The summed E-state index contributed by atoms with van der Waals surface area (Å²) in [7, 11) is 0. The molecule has 4 nitrogen and oxygen atoms in total. The zero-order chi connectivity index (χ0) is 14.8. The van der Waals surface area contributed by atoms with Crippen molar-refractivity contribution in [1.29, 1.82) is 0 Å². The number of rotatable bonds is 4. The highest BCUT2D eigenvalue weighted by Crippen LogP contribution is 2.26. The van der Waals surface area contributed by atoms with Gasteiger partial charge < -0.3 is 4.52 Å². The molecule has 3 aromatic rings. The van der Waals surface area contributed by atoms with Crippen LogP contribution in [0.25, 0.3) is 22.2 Å². The van der Waals surface area contributed by atoms with E-state index in [9.17, 15) is 4.79 Å². The Labute approximate surface area is 122 Å². The topological polar surface area (TPSA) is 56.0 Å². The lowest BCUT2D eigenvalue weighted by Gasteiger charge is -2.01. The Kier molecular flexibility index (Phi) is 3.52. The molecule has 4 heteroatoms. The summed E-state index contributed by atoms with van der Waals surface area (Å²) in [5.41, 5.74) is 0.917. The van der Waals surface area contributed by atoms with Gasteiger partial charge in [0.25, 0.3) is 0 Å². The largest absolute Gasteiger partial charge is 0.339 e. The van der Waals surface area contributed by atoms with Crippen LogP contribution in [-0.2, 0) is 11.2 Å². The monoisotopic (exact) mass is 280 g/mol. The first-order chi connectivity index (χ1) is 10.1. The molecule has 0 aliphatic rings. The Hall–Kier alpha value is -2.49. The Morgan fingerprint density at radius 3 is 2.71 bits per heavy atom. The van der Waals surface area contributed by atoms with E-state index in [1.54, 1.807) is 0 Å². The Morgan fingerprint density at radius 2 is 1.90 bits per heavy atom. The summed E-state index contributed by atoms with van der Waals surface area (Å²) >= 11 is 0. The summed E-state index contributed by atoms with van der Waals surface area (Å²) < 4.78 is 5.21. The molecule has 0 unspecified atom stereocenters. The highest BCUT2D eigenvalue weighted by atomic mass is 16.5. The Morgan fingerprint density at radius 1 is 1.14 bits per heavy atom. The van der Waals surface area contributed by atoms with Crippen LogP contribution in [0.3, 0.4) is 0 Å². The fourth-order valence-corrected chi connectivity index (χ4v) is 2.21. The molecule has 0 spiro atoms. The van der Waals surface area contributed by atoms with Gasteiger partial charge in [-0.25, -0.2) is 0 Å². The first-order valence-electron chi connectivity index (χ1n) is 6.98. The predicted molar refractivity (Wildman–Crippen MR) is 80.8 cm³/mol. The van der Waals surface area contributed by atoms with Crippen LogP contribution >= 0.6 is 0 Å². The third kappa shape index (κ3) is 2.70. The Balaban J connectivity index is 1.97. The number of carbonyl (C=O) groups is 1. The molecule has 0 N–H and O–H groups in total. The lowest BCUT2D eigenvalue weighted by molar-refractivity contribution is -0.121. The van der Waals surface area contributed by atoms with Crippen molar-refractivity contribution in [3.63, 3.8) is 0 Å². The molecule has 0 saturated carbocycles. The minimum Gasteiger partial charge on any atom is -0.339 e. The number of carbonyl (C=O) groups excluding carboxylic acids is 1. The van der Waals surface area contributed by atoms with Crippen molar-refractivity contribution >= 4 is 16.6 Å². The minimum absolute atomic E-state index is 0.0297. The summed E-state index contributed by atoms with van der Waals surface area (Å²) in [4.78, 5) is 16.1. The van der Waals surface area contributed by atoms with E-state index in [2.05, 4.69) is 10.1 Å². The van der Waals surface area contributed by atoms with E-state index < -0.39 is 0 Å². The number of fused-ring (bicyclic) bond motifs is 1. The maximum atomic E-state index is 11.7. The van der Waals surface area contributed by atoms with Gasteiger partial charge in [-0.05, 0) is 10.8 Å². The maximum absolute atomic E-state index is 11.7. The molecule has 21 heavy (non-hydrogen) atoms. The molecule has 0 bridgehead atoms. The molecule has 0 saturated heterocycles. The van der Waals surface area contributed by atoms with Gasteiger partial charge in [-0.15, -0.1) is 0 Å². The lowest BCUT2D eigenvalue weighted by Crippen LogP contribution is -2.10. The van der Waals surface area contributed by atoms with Gasteiger partial charge in [0.05, 0.1) is 6.42 Å². The fourth-order valence-electron chi connectivity index (χ4n) is 2.21. The Bertz CT molecular complexity index is 785. The first-order valence-corrected chi connectivity index (χ1v) is 6.98. The molecule has 0 atom stereocenters. The number of aromatic nitrogens is 2. The van der Waals surface area contributed by atoms with Gasteiger partial charge in [-0.1, -0.05) is 61.5 Å². The zero-order valence-corrected chi connectivity index (χ0v) is 12.0. The van der Waals surface area contributed by atoms with Crippen molar-refractivity contribution in [2.75, 3.05) is 0 Å². The molecule has 0 fully saturated rings. The van der Waals surface area contributed by atoms with Gasteiger partial charge >= 0.3 is 0 Å². The van der Waals surface area contributed by atoms with Crippen LogP contribution in [0.2, 0.25) is 0 Å². The second-order valence-electron chi connectivity index (χ2n) is 5.34. The van der Waals surface area contributed by atoms with Crippen LogP contribution in [0.4, 0.5) is 0 Å². The van der Waals surface area contributed by atoms with Crippen molar-refractivity contribution in [2.24, 2.45) is 5.92 Å². The predicted octanol–water partition coefficient (Wildman–Crippen LogP) is 3.66. The number of hydrogen-bond donors (Lipinski definition) is 0. The second-order valence-corrected chi connectivity index (χ2v) is 5.34. The average molecular weight is 280 g/mol. The van der Waals surface area contributed by atoms with Crippen LogP contribution in [0.1, 0.15) is 19.7 Å². The summed E-state index contributed by atoms with van der Waals surface area (Å²) in [6, 6.07) is 14.0. The quantitative estimate of drug-likeness (QED) is 0.732. The van der Waals surface area contributed by atoms with Crippen LogP contribution in [0.15, 0.2) is 47.0 Å². The molecule has 2 aromatic carbocycles. The standard InChI is InChI=1S/C17H16N2O2/c1-11(2)15(20)10-16-18-17(19-21-16)14-9-5-7-12-6-3-4-8-13(12)14/h3-9,11H,10H2,1-2H3. The van der Waals surface area contributed by atoms with Crippen LogP contribution in [0.5, 0.6) is 0 Å². The fraction of sp³-hybridized carbons (Fsp3) is 0.235. The number of nitrogens with zero attached hydrogens (tertiary/aromatic N) is 2. The molecule has 0 radical (unpaired) electrons. The van der Waals surface area contributed by atoms with Gasteiger partial charge in [0, 0.05) is 11.5 Å². The highest BCUT2D eigenvalue weighted by molar-refractivity contribution is 5.95. The summed E-state index contributed by atoms with van der Waals surface area (Å²) in [6.07, 6.45) is 0.190. The zero-order valence-electron chi connectivity index (χ0n) is 12.0. The van der Waals surface area contributed by atoms with E-state index in [1.165, 1.54) is 0 Å². The molecule has 0 aliphatic carbocycles. The molecule has 106 valence electrons. The van der Waals surface area contributed by atoms with E-state index in [0.29, 0.717) is 11.7 Å². The number of benzene rings is 2. The summed E-state index contributed by atoms with van der Waals surface area (Å²) in [5, 5.41) is 6.21. The number of ketones is 1. The van der Waals surface area contributed by atoms with E-state index in [4.69, 9.17) is 4.52 Å². The SMILES string of the molecule is CC(C)C(=O)Cc1nc(-c2cccc3ccccc23)no1. The molecule has 1 heterocycles. The molecule has 3 rings (SSSR count). The normalized spacial score (nSPS) is 11.2. The van der Waals surface area contributed by atoms with Crippen LogP contribution in [-0.4, -0.2) is 15.9 Å². The summed E-state index contributed by atoms with van der Waals surface area (Å²) in [6.45, 7) is 3.73. The first kappa shape index (κ1) is 13.5. The van der Waals surface area contributed by atoms with Gasteiger partial charge in [-0.2, -0.15) is 4.98 Å². The van der Waals surface area contributed by atoms with Crippen molar-refractivity contribution in [3.05, 3.63) is 48.4 Å². The molecule has 1 aromatic heterocycles. The molecular weight excluding hydrogens is 264 g/mol. The van der Waals surface area contributed by atoms with E-state index in [-0.39, 0.29) is 18.1 Å². The maximum Gasteiger partial charge on any atom is 0.234 e. The molecule has 0 amide bonds. The smallest absolute Gasteiger partial charge is 0.234 e. The molecule has 0 aliphatic heterocycles. The van der Waals surface area contributed by atoms with Crippen molar-refractivity contribution in [2.45, 2.75) is 20.3 Å². The number of hydrogen-bond acceptors (Lipinski definition) is 4. The van der Waals surface area contributed by atoms with Crippen molar-refractivity contribution in [3.8, 4) is 11.4 Å².